The maximum absolute atomic E-state index is 12.6. The molecule has 1 N–H and O–H groups in total. The summed E-state index contributed by atoms with van der Waals surface area (Å²) in [7, 11) is 0. The highest BCUT2D eigenvalue weighted by atomic mass is 35.5. The first-order valence-electron chi connectivity index (χ1n) is 8.51. The summed E-state index contributed by atoms with van der Waals surface area (Å²) >= 11 is 6.43. The van der Waals surface area contributed by atoms with E-state index in [2.05, 4.69) is 24.3 Å². The fourth-order valence-corrected chi connectivity index (χ4v) is 3.06. The van der Waals surface area contributed by atoms with Crippen molar-refractivity contribution in [3.8, 4) is 5.69 Å². The van der Waals surface area contributed by atoms with Crippen LogP contribution in [-0.4, -0.2) is 21.7 Å². The zero-order valence-corrected chi connectivity index (χ0v) is 15.6. The Labute approximate surface area is 149 Å². The lowest BCUT2D eigenvalue weighted by Gasteiger charge is -2.14. The number of hydrogen-bond acceptors (Lipinski definition) is 2. The van der Waals surface area contributed by atoms with Gasteiger partial charge in [-0.2, -0.15) is 5.10 Å². The number of benzene rings is 1. The third-order valence-electron chi connectivity index (χ3n) is 4.03. The van der Waals surface area contributed by atoms with Crippen LogP contribution in [0, 0.1) is 12.8 Å². The fraction of sp³-hybridized carbons (Fsp3) is 0.474. The summed E-state index contributed by atoms with van der Waals surface area (Å²) in [5.74, 6) is 0.533. The van der Waals surface area contributed by atoms with Crippen molar-refractivity contribution >= 4 is 17.5 Å². The molecule has 1 aromatic heterocycles. The number of para-hydroxylation sites is 1. The maximum atomic E-state index is 12.6. The molecule has 24 heavy (non-hydrogen) atoms. The van der Waals surface area contributed by atoms with Crippen LogP contribution in [0.1, 0.15) is 56.1 Å². The lowest BCUT2D eigenvalue weighted by atomic mass is 10.0. The first-order chi connectivity index (χ1) is 11.4. The zero-order valence-electron chi connectivity index (χ0n) is 14.8. The third kappa shape index (κ3) is 4.60. The largest absolute Gasteiger partial charge is 0.349 e. The summed E-state index contributed by atoms with van der Waals surface area (Å²) in [5, 5.41) is 7.81. The van der Waals surface area contributed by atoms with E-state index in [4.69, 9.17) is 11.6 Å². The van der Waals surface area contributed by atoms with Gasteiger partial charge in [0.25, 0.3) is 5.91 Å². The molecule has 1 heterocycles. The third-order valence-corrected chi connectivity index (χ3v) is 4.38. The Morgan fingerprint density at radius 2 is 1.88 bits per heavy atom. The number of aryl methyl sites for hydroxylation is 1. The zero-order chi connectivity index (χ0) is 17.7. The van der Waals surface area contributed by atoms with Crippen LogP contribution in [-0.2, 0) is 0 Å². The summed E-state index contributed by atoms with van der Waals surface area (Å²) in [6.45, 7) is 8.27. The standard InChI is InChI=1S/C19H26ClN3O/c1-13(2)9-8-10-14(3)21-19(24)17-15(4)22-23(18(17)20)16-11-6-5-7-12-16/h5-7,11-14H,8-10H2,1-4H3,(H,21,24)/t14-/m1/s1. The molecule has 1 atom stereocenters. The van der Waals surface area contributed by atoms with Crippen molar-refractivity contribution in [2.45, 2.75) is 53.0 Å². The van der Waals surface area contributed by atoms with Crippen LogP contribution in [0.3, 0.4) is 0 Å². The Balaban J connectivity index is 2.09. The van der Waals surface area contributed by atoms with E-state index in [1.165, 1.54) is 6.42 Å². The highest BCUT2D eigenvalue weighted by Crippen LogP contribution is 2.23. The van der Waals surface area contributed by atoms with Crippen LogP contribution in [0.25, 0.3) is 5.69 Å². The normalized spacial score (nSPS) is 12.4. The van der Waals surface area contributed by atoms with E-state index < -0.39 is 0 Å². The molecule has 1 amide bonds. The molecule has 2 aromatic rings. The number of carbonyl (C=O) groups excluding carboxylic acids is 1. The van der Waals surface area contributed by atoms with Crippen molar-refractivity contribution < 1.29 is 4.79 Å². The molecule has 0 unspecified atom stereocenters. The molecule has 0 saturated heterocycles. The van der Waals surface area contributed by atoms with Gasteiger partial charge in [0.15, 0.2) is 0 Å². The monoisotopic (exact) mass is 347 g/mol. The Kier molecular flexibility index (Phi) is 6.44. The summed E-state index contributed by atoms with van der Waals surface area (Å²) in [5.41, 5.74) is 1.93. The molecule has 0 aliphatic heterocycles. The van der Waals surface area contributed by atoms with Gasteiger partial charge in [-0.15, -0.1) is 0 Å². The van der Waals surface area contributed by atoms with E-state index >= 15 is 0 Å². The van der Waals surface area contributed by atoms with Crippen molar-refractivity contribution in [1.29, 1.82) is 0 Å². The summed E-state index contributed by atoms with van der Waals surface area (Å²) in [4.78, 5) is 12.6. The number of carbonyl (C=O) groups is 1. The van der Waals surface area contributed by atoms with Crippen LogP contribution in [0.2, 0.25) is 5.15 Å². The van der Waals surface area contributed by atoms with Gasteiger partial charge >= 0.3 is 0 Å². The molecule has 130 valence electrons. The lowest BCUT2D eigenvalue weighted by Crippen LogP contribution is -2.33. The number of halogens is 1. The number of nitrogens with zero attached hydrogens (tertiary/aromatic N) is 2. The average molecular weight is 348 g/mol. The minimum atomic E-state index is -0.156. The predicted octanol–water partition coefficient (Wildman–Crippen LogP) is 4.78. The van der Waals surface area contributed by atoms with Crippen molar-refractivity contribution in [1.82, 2.24) is 15.1 Å². The molecule has 0 spiro atoms. The molecule has 0 radical (unpaired) electrons. The maximum Gasteiger partial charge on any atom is 0.256 e. The summed E-state index contributed by atoms with van der Waals surface area (Å²) in [6.07, 6.45) is 3.24. The van der Waals surface area contributed by atoms with E-state index in [9.17, 15) is 4.79 Å². The molecule has 0 bridgehead atoms. The number of rotatable bonds is 7. The van der Waals surface area contributed by atoms with Gasteiger partial charge in [0.05, 0.1) is 16.9 Å². The van der Waals surface area contributed by atoms with Gasteiger partial charge in [0.2, 0.25) is 0 Å². The fourth-order valence-electron chi connectivity index (χ4n) is 2.70. The lowest BCUT2D eigenvalue weighted by molar-refractivity contribution is 0.0937. The van der Waals surface area contributed by atoms with Crippen LogP contribution in [0.4, 0.5) is 0 Å². The van der Waals surface area contributed by atoms with Crippen molar-refractivity contribution in [2.24, 2.45) is 5.92 Å². The molecule has 0 saturated carbocycles. The van der Waals surface area contributed by atoms with Crippen molar-refractivity contribution in [3.05, 3.63) is 46.7 Å². The van der Waals surface area contributed by atoms with E-state index in [1.807, 2.05) is 44.2 Å². The van der Waals surface area contributed by atoms with Crippen LogP contribution in [0.5, 0.6) is 0 Å². The Hall–Kier alpha value is -1.81. The first-order valence-corrected chi connectivity index (χ1v) is 8.89. The Bertz CT molecular complexity index is 679. The van der Waals surface area contributed by atoms with Gasteiger partial charge in [-0.3, -0.25) is 4.79 Å². The van der Waals surface area contributed by atoms with Crippen molar-refractivity contribution in [3.63, 3.8) is 0 Å². The number of amides is 1. The molecular formula is C19H26ClN3O. The highest BCUT2D eigenvalue weighted by Gasteiger charge is 2.22. The molecule has 0 fully saturated rings. The molecule has 2 rings (SSSR count). The Morgan fingerprint density at radius 3 is 2.50 bits per heavy atom. The molecule has 0 aliphatic rings. The second-order valence-corrected chi connectivity index (χ2v) is 7.06. The van der Waals surface area contributed by atoms with Gasteiger partial charge in [-0.25, -0.2) is 4.68 Å². The van der Waals surface area contributed by atoms with Crippen LogP contribution >= 0.6 is 11.6 Å². The number of nitrogens with one attached hydrogen (secondary N) is 1. The SMILES string of the molecule is Cc1nn(-c2ccccc2)c(Cl)c1C(=O)N[C@H](C)CCCC(C)C. The minimum absolute atomic E-state index is 0.117. The molecule has 4 nitrogen and oxygen atoms in total. The van der Waals surface area contributed by atoms with Crippen molar-refractivity contribution in [2.75, 3.05) is 0 Å². The van der Waals surface area contributed by atoms with Gasteiger partial charge in [0.1, 0.15) is 5.15 Å². The predicted molar refractivity (Wildman–Crippen MR) is 98.9 cm³/mol. The van der Waals surface area contributed by atoms with E-state index in [0.717, 1.165) is 18.5 Å². The van der Waals surface area contributed by atoms with E-state index in [0.29, 0.717) is 22.3 Å². The molecule has 5 heteroatoms. The highest BCUT2D eigenvalue weighted by molar-refractivity contribution is 6.33. The minimum Gasteiger partial charge on any atom is -0.349 e. The quantitative estimate of drug-likeness (QED) is 0.783. The number of hydrogen-bond donors (Lipinski definition) is 1. The first kappa shape index (κ1) is 18.5. The second-order valence-electron chi connectivity index (χ2n) is 6.70. The van der Waals surface area contributed by atoms with Gasteiger partial charge in [-0.1, -0.05) is 56.5 Å². The number of aromatic nitrogens is 2. The van der Waals surface area contributed by atoms with E-state index in [-0.39, 0.29) is 11.9 Å². The molecule has 1 aromatic carbocycles. The molecular weight excluding hydrogens is 322 g/mol. The summed E-state index contributed by atoms with van der Waals surface area (Å²) < 4.78 is 1.61. The average Bonchev–Trinajstić information content (AvgIpc) is 2.82. The van der Waals surface area contributed by atoms with Gasteiger partial charge < -0.3 is 5.32 Å². The topological polar surface area (TPSA) is 46.9 Å². The van der Waals surface area contributed by atoms with Crippen LogP contribution in [0.15, 0.2) is 30.3 Å². The van der Waals surface area contributed by atoms with Crippen LogP contribution < -0.4 is 5.32 Å². The summed E-state index contributed by atoms with van der Waals surface area (Å²) in [6, 6.07) is 9.70. The van der Waals surface area contributed by atoms with Gasteiger partial charge in [-0.05, 0) is 38.3 Å². The van der Waals surface area contributed by atoms with E-state index in [1.54, 1.807) is 4.68 Å². The Morgan fingerprint density at radius 1 is 1.21 bits per heavy atom. The molecule has 0 aliphatic carbocycles. The smallest absolute Gasteiger partial charge is 0.256 e. The second kappa shape index (κ2) is 8.34. The van der Waals surface area contributed by atoms with Gasteiger partial charge in [0, 0.05) is 6.04 Å².